The molecule has 7 nitrogen and oxygen atoms in total. The summed E-state index contributed by atoms with van der Waals surface area (Å²) in [5.74, 6) is 0.486. The normalized spacial score (nSPS) is 44.0. The lowest BCUT2D eigenvalue weighted by Gasteiger charge is -2.52. The highest BCUT2D eigenvalue weighted by Crippen LogP contribution is 2.43. The minimum atomic E-state index is -0.444. The van der Waals surface area contributed by atoms with Crippen LogP contribution in [0.15, 0.2) is 60.7 Å². The van der Waals surface area contributed by atoms with Gasteiger partial charge in [-0.15, -0.1) is 0 Å². The summed E-state index contributed by atoms with van der Waals surface area (Å²) >= 11 is 0. The summed E-state index contributed by atoms with van der Waals surface area (Å²) < 4.78 is 44.7. The van der Waals surface area contributed by atoms with Gasteiger partial charge in [-0.2, -0.15) is 0 Å². The second-order valence-corrected chi connectivity index (χ2v) is 11.0. The molecule has 6 unspecified atom stereocenters. The molecule has 4 saturated heterocycles. The van der Waals surface area contributed by atoms with Crippen LogP contribution in [0.4, 0.5) is 0 Å². The molecule has 2 aromatic rings. The SMILES string of the molecule is CC1[C@H](O[C@@H]2C(C)[C@H](C)OC3COC(c4ccccc4)O[C@H]32)OC2COC(c3ccccc3)O[C@H]2[C@@H]1C. The van der Waals surface area contributed by atoms with Crippen LogP contribution >= 0.6 is 0 Å². The molecule has 0 saturated carbocycles. The van der Waals surface area contributed by atoms with Crippen LogP contribution in [0.1, 0.15) is 51.4 Å². The number of benzene rings is 2. The Hall–Kier alpha value is -1.84. The second-order valence-electron chi connectivity index (χ2n) is 11.0. The summed E-state index contributed by atoms with van der Waals surface area (Å²) in [7, 11) is 0. The van der Waals surface area contributed by atoms with Crippen molar-refractivity contribution in [2.75, 3.05) is 13.2 Å². The van der Waals surface area contributed by atoms with Gasteiger partial charge in [0.15, 0.2) is 18.9 Å². The van der Waals surface area contributed by atoms with Crippen LogP contribution in [0.5, 0.6) is 0 Å². The highest BCUT2D eigenvalue weighted by atomic mass is 16.8. The van der Waals surface area contributed by atoms with Crippen LogP contribution in [-0.2, 0) is 33.2 Å². The number of hydrogen-bond donors (Lipinski definition) is 0. The van der Waals surface area contributed by atoms with E-state index in [2.05, 4.69) is 27.7 Å². The molecule has 0 aliphatic carbocycles. The second kappa shape index (κ2) is 10.7. The summed E-state index contributed by atoms with van der Waals surface area (Å²) in [6, 6.07) is 20.1. The van der Waals surface area contributed by atoms with Gasteiger partial charge in [0.1, 0.15) is 18.3 Å². The molecule has 37 heavy (non-hydrogen) atoms. The number of ether oxygens (including phenoxy) is 7. The van der Waals surface area contributed by atoms with Gasteiger partial charge in [-0.1, -0.05) is 81.4 Å². The lowest BCUT2D eigenvalue weighted by molar-refractivity contribution is -0.376. The van der Waals surface area contributed by atoms with Gasteiger partial charge in [0.2, 0.25) is 0 Å². The Labute approximate surface area is 219 Å². The summed E-state index contributed by atoms with van der Waals surface area (Å²) in [6.07, 6.45) is -2.07. The quantitative estimate of drug-likeness (QED) is 0.572. The van der Waals surface area contributed by atoms with Crippen LogP contribution in [0.2, 0.25) is 0 Å². The van der Waals surface area contributed by atoms with Gasteiger partial charge in [0.25, 0.3) is 0 Å². The van der Waals surface area contributed by atoms with Crippen molar-refractivity contribution in [2.45, 2.75) is 83.2 Å². The zero-order valence-electron chi connectivity index (χ0n) is 22.0. The minimum absolute atomic E-state index is 0.0174. The first kappa shape index (κ1) is 25.4. The zero-order valence-corrected chi connectivity index (χ0v) is 22.0. The summed E-state index contributed by atoms with van der Waals surface area (Å²) in [4.78, 5) is 0. The third-order valence-corrected chi connectivity index (χ3v) is 8.61. The van der Waals surface area contributed by atoms with E-state index in [1.54, 1.807) is 0 Å². The van der Waals surface area contributed by atoms with Crippen molar-refractivity contribution in [1.29, 1.82) is 0 Å². The molecule has 4 heterocycles. The lowest BCUT2D eigenvalue weighted by atomic mass is 9.83. The van der Waals surface area contributed by atoms with Crippen LogP contribution in [0, 0.1) is 17.8 Å². The van der Waals surface area contributed by atoms with Crippen molar-refractivity contribution in [2.24, 2.45) is 17.8 Å². The Morgan fingerprint density at radius 1 is 0.595 bits per heavy atom. The average Bonchev–Trinajstić information content (AvgIpc) is 2.94. The molecule has 0 bridgehead atoms. The van der Waals surface area contributed by atoms with E-state index in [9.17, 15) is 0 Å². The topological polar surface area (TPSA) is 64.6 Å². The van der Waals surface area contributed by atoms with Gasteiger partial charge in [0, 0.05) is 23.0 Å². The Morgan fingerprint density at radius 3 is 1.73 bits per heavy atom. The van der Waals surface area contributed by atoms with Crippen molar-refractivity contribution >= 4 is 0 Å². The maximum atomic E-state index is 6.82. The highest BCUT2D eigenvalue weighted by molar-refractivity contribution is 5.17. The molecule has 4 aliphatic heterocycles. The fourth-order valence-corrected chi connectivity index (χ4v) is 5.97. The largest absolute Gasteiger partial charge is 0.370 e. The van der Waals surface area contributed by atoms with E-state index >= 15 is 0 Å². The maximum absolute atomic E-state index is 6.82. The fourth-order valence-electron chi connectivity index (χ4n) is 5.97. The number of fused-ring (bicyclic) bond motifs is 2. The molecular weight excluding hydrogens is 472 g/mol. The molecule has 7 heteroatoms. The first-order valence-electron chi connectivity index (χ1n) is 13.6. The van der Waals surface area contributed by atoms with E-state index in [-0.39, 0.29) is 60.7 Å². The molecule has 0 N–H and O–H groups in total. The van der Waals surface area contributed by atoms with Gasteiger partial charge in [-0.3, -0.25) is 0 Å². The predicted octanol–water partition coefficient (Wildman–Crippen LogP) is 5.02. The summed E-state index contributed by atoms with van der Waals surface area (Å²) in [6.45, 7) is 9.60. The molecule has 4 fully saturated rings. The van der Waals surface area contributed by atoms with E-state index in [0.29, 0.717) is 13.2 Å². The van der Waals surface area contributed by atoms with E-state index < -0.39 is 12.6 Å². The Morgan fingerprint density at radius 2 is 1.14 bits per heavy atom. The predicted molar refractivity (Wildman–Crippen MR) is 135 cm³/mol. The Kier molecular flexibility index (Phi) is 7.38. The van der Waals surface area contributed by atoms with E-state index in [0.717, 1.165) is 11.1 Å². The first-order valence-corrected chi connectivity index (χ1v) is 13.6. The van der Waals surface area contributed by atoms with Crippen LogP contribution in [0.3, 0.4) is 0 Å². The zero-order chi connectivity index (χ0) is 25.5. The number of rotatable bonds is 4. The van der Waals surface area contributed by atoms with Crippen LogP contribution in [0.25, 0.3) is 0 Å². The van der Waals surface area contributed by atoms with E-state index in [1.807, 2.05) is 60.7 Å². The molecule has 0 radical (unpaired) electrons. The summed E-state index contributed by atoms with van der Waals surface area (Å²) in [5, 5.41) is 0. The molecule has 6 rings (SSSR count). The molecular formula is C30H38O7. The standard InChI is InChI=1S/C30H38O7/c1-17-18(2)28(34-23-15-31-29(35-25(17)23)21-11-7-5-8-12-21)36-26-19(3)20(4)33-24-16-32-30(37-27(24)26)22-13-9-6-10-14-22/h5-14,17-20,23-30H,15-16H2,1-4H3/t17-,18?,19?,20+,23?,24?,25+,26-,27-,28+,29?,30?/m1/s1. The highest BCUT2D eigenvalue weighted by Gasteiger charge is 2.52. The molecule has 12 atom stereocenters. The Balaban J connectivity index is 1.17. The van der Waals surface area contributed by atoms with Crippen molar-refractivity contribution in [1.82, 2.24) is 0 Å². The number of hydrogen-bond acceptors (Lipinski definition) is 7. The fraction of sp³-hybridized carbons (Fsp3) is 0.600. The van der Waals surface area contributed by atoms with E-state index in [4.69, 9.17) is 33.2 Å². The third kappa shape index (κ3) is 4.99. The van der Waals surface area contributed by atoms with Gasteiger partial charge >= 0.3 is 0 Å². The van der Waals surface area contributed by atoms with Crippen molar-refractivity contribution in [3.63, 3.8) is 0 Å². The van der Waals surface area contributed by atoms with Gasteiger partial charge in [-0.05, 0) is 12.8 Å². The minimum Gasteiger partial charge on any atom is -0.370 e. The third-order valence-electron chi connectivity index (χ3n) is 8.61. The van der Waals surface area contributed by atoms with E-state index in [1.165, 1.54) is 0 Å². The van der Waals surface area contributed by atoms with Crippen LogP contribution in [-0.4, -0.2) is 56.1 Å². The Bertz CT molecular complexity index is 1020. The average molecular weight is 511 g/mol. The first-order chi connectivity index (χ1) is 18.0. The van der Waals surface area contributed by atoms with Gasteiger partial charge < -0.3 is 33.2 Å². The van der Waals surface area contributed by atoms with Crippen LogP contribution < -0.4 is 0 Å². The van der Waals surface area contributed by atoms with Crippen molar-refractivity contribution in [3.05, 3.63) is 71.8 Å². The van der Waals surface area contributed by atoms with Gasteiger partial charge in [0.05, 0.1) is 31.5 Å². The van der Waals surface area contributed by atoms with Gasteiger partial charge in [-0.25, -0.2) is 0 Å². The maximum Gasteiger partial charge on any atom is 0.184 e. The molecule has 4 aliphatic rings. The molecule has 0 aromatic heterocycles. The van der Waals surface area contributed by atoms with Crippen molar-refractivity contribution < 1.29 is 33.2 Å². The molecule has 200 valence electrons. The molecule has 0 amide bonds. The summed E-state index contributed by atoms with van der Waals surface area (Å²) in [5.41, 5.74) is 2.02. The smallest absolute Gasteiger partial charge is 0.184 e. The lowest BCUT2D eigenvalue weighted by Crippen LogP contribution is -2.62. The monoisotopic (exact) mass is 510 g/mol. The molecule has 2 aromatic carbocycles. The molecule has 0 spiro atoms. The van der Waals surface area contributed by atoms with Crippen molar-refractivity contribution in [3.8, 4) is 0 Å².